The summed E-state index contributed by atoms with van der Waals surface area (Å²) in [7, 11) is 0. The van der Waals surface area contributed by atoms with Crippen LogP contribution in [0.3, 0.4) is 0 Å². The Morgan fingerprint density at radius 1 is 1.20 bits per heavy atom. The maximum absolute atomic E-state index is 14.2. The van der Waals surface area contributed by atoms with E-state index < -0.39 is 5.67 Å². The van der Waals surface area contributed by atoms with Crippen molar-refractivity contribution in [3.63, 3.8) is 0 Å². The molecule has 0 unspecified atom stereocenters. The molecule has 0 radical (unpaired) electrons. The first-order valence-corrected chi connectivity index (χ1v) is 8.93. The lowest BCUT2D eigenvalue weighted by molar-refractivity contribution is 0.206. The van der Waals surface area contributed by atoms with E-state index in [1.165, 1.54) is 38.7 Å². The molecule has 1 aromatic carbocycles. The third kappa shape index (κ3) is 4.65. The highest BCUT2D eigenvalue weighted by Crippen LogP contribution is 2.33. The quantitative estimate of drug-likeness (QED) is 0.798. The average molecular weight is 343 g/mol. The van der Waals surface area contributed by atoms with Gasteiger partial charge in [-0.15, -0.1) is 0 Å². The number of benzene rings is 1. The number of nitrogens with zero attached hydrogens (tertiary/aromatic N) is 3. The molecule has 134 valence electrons. The molecule has 1 heterocycles. The van der Waals surface area contributed by atoms with Gasteiger partial charge in [-0.1, -0.05) is 36.8 Å². The number of rotatable bonds is 7. The Kier molecular flexibility index (Phi) is 5.16. The van der Waals surface area contributed by atoms with Gasteiger partial charge in [0.25, 0.3) is 0 Å². The summed E-state index contributed by atoms with van der Waals surface area (Å²) in [6.07, 6.45) is 5.63. The summed E-state index contributed by atoms with van der Waals surface area (Å²) < 4.78 is 14.2. The number of anilines is 2. The largest absolute Gasteiger partial charge is 0.368 e. The molecule has 5 nitrogen and oxygen atoms in total. The second kappa shape index (κ2) is 7.33. The van der Waals surface area contributed by atoms with Crippen LogP contribution in [0.2, 0.25) is 0 Å². The van der Waals surface area contributed by atoms with Crippen molar-refractivity contribution in [3.05, 3.63) is 41.7 Å². The molecule has 3 rings (SSSR count). The van der Waals surface area contributed by atoms with E-state index in [9.17, 15) is 4.39 Å². The molecule has 1 aliphatic rings. The highest BCUT2D eigenvalue weighted by atomic mass is 19.1. The van der Waals surface area contributed by atoms with Gasteiger partial charge in [0.05, 0.1) is 0 Å². The van der Waals surface area contributed by atoms with Crippen molar-refractivity contribution in [3.8, 4) is 0 Å². The zero-order valence-corrected chi connectivity index (χ0v) is 14.9. The van der Waals surface area contributed by atoms with Crippen LogP contribution < -0.4 is 11.1 Å². The minimum atomic E-state index is -1.65. The standard InChI is InChI=1S/C19H26FN5/c1-19(2,20)16-23-17(21)25-18(24-16)22-15(14-9-6-10-14)12-11-13-7-4-3-5-8-13/h3-5,7-8,14-15H,6,9-12H2,1-2H3,(H3,21,22,23,24,25)/t15-/m0/s1. The normalized spacial score (nSPS) is 16.3. The van der Waals surface area contributed by atoms with Crippen LogP contribution in [0.15, 0.2) is 30.3 Å². The van der Waals surface area contributed by atoms with Gasteiger partial charge in [0.2, 0.25) is 11.9 Å². The van der Waals surface area contributed by atoms with Gasteiger partial charge in [0.15, 0.2) is 11.5 Å². The Balaban J connectivity index is 1.73. The Bertz CT molecular complexity index is 695. The van der Waals surface area contributed by atoms with E-state index in [2.05, 4.69) is 44.5 Å². The molecule has 25 heavy (non-hydrogen) atoms. The van der Waals surface area contributed by atoms with Crippen LogP contribution >= 0.6 is 0 Å². The molecule has 1 saturated carbocycles. The molecule has 1 aliphatic carbocycles. The fraction of sp³-hybridized carbons (Fsp3) is 0.526. The van der Waals surface area contributed by atoms with Crippen molar-refractivity contribution >= 4 is 11.9 Å². The summed E-state index contributed by atoms with van der Waals surface area (Å²) in [4.78, 5) is 12.3. The predicted octanol–water partition coefficient (Wildman–Crippen LogP) is 3.87. The summed E-state index contributed by atoms with van der Waals surface area (Å²) >= 11 is 0. The first-order valence-electron chi connectivity index (χ1n) is 8.93. The van der Waals surface area contributed by atoms with Gasteiger partial charge >= 0.3 is 0 Å². The van der Waals surface area contributed by atoms with Crippen LogP contribution in [0.25, 0.3) is 0 Å². The number of alkyl halides is 1. The molecular weight excluding hydrogens is 317 g/mol. The highest BCUT2D eigenvalue weighted by Gasteiger charge is 2.29. The molecule has 2 aromatic rings. The maximum Gasteiger partial charge on any atom is 0.228 e. The van der Waals surface area contributed by atoms with Crippen molar-refractivity contribution in [2.24, 2.45) is 5.92 Å². The van der Waals surface area contributed by atoms with E-state index in [4.69, 9.17) is 5.73 Å². The first kappa shape index (κ1) is 17.6. The van der Waals surface area contributed by atoms with Crippen LogP contribution in [0.1, 0.15) is 50.9 Å². The van der Waals surface area contributed by atoms with Crippen molar-refractivity contribution in [2.75, 3.05) is 11.1 Å². The summed E-state index contributed by atoms with van der Waals surface area (Å²) in [5.74, 6) is 1.09. The summed E-state index contributed by atoms with van der Waals surface area (Å²) in [6, 6.07) is 10.7. The van der Waals surface area contributed by atoms with Gasteiger partial charge in [-0.3, -0.25) is 0 Å². The monoisotopic (exact) mass is 343 g/mol. The van der Waals surface area contributed by atoms with Gasteiger partial charge in [0.1, 0.15) is 0 Å². The van der Waals surface area contributed by atoms with Gasteiger partial charge < -0.3 is 11.1 Å². The molecule has 0 saturated heterocycles. The topological polar surface area (TPSA) is 76.7 Å². The third-order valence-corrected chi connectivity index (χ3v) is 4.80. The number of hydrogen-bond donors (Lipinski definition) is 2. The third-order valence-electron chi connectivity index (χ3n) is 4.80. The van der Waals surface area contributed by atoms with E-state index >= 15 is 0 Å². The predicted molar refractivity (Wildman–Crippen MR) is 97.9 cm³/mol. The second-order valence-corrected chi connectivity index (χ2v) is 7.28. The van der Waals surface area contributed by atoms with Crippen molar-refractivity contribution in [1.82, 2.24) is 15.0 Å². The lowest BCUT2D eigenvalue weighted by Crippen LogP contribution is -2.35. The van der Waals surface area contributed by atoms with Crippen molar-refractivity contribution in [1.29, 1.82) is 0 Å². The Hall–Kier alpha value is -2.24. The maximum atomic E-state index is 14.2. The van der Waals surface area contributed by atoms with Crippen LogP contribution in [-0.4, -0.2) is 21.0 Å². The molecule has 1 fully saturated rings. The molecule has 1 atom stereocenters. The zero-order valence-electron chi connectivity index (χ0n) is 14.9. The van der Waals surface area contributed by atoms with E-state index in [-0.39, 0.29) is 17.8 Å². The Morgan fingerprint density at radius 3 is 2.52 bits per heavy atom. The van der Waals surface area contributed by atoms with Crippen molar-refractivity contribution < 1.29 is 4.39 Å². The molecule has 0 bridgehead atoms. The van der Waals surface area contributed by atoms with Crippen molar-refractivity contribution in [2.45, 2.75) is 57.7 Å². The van der Waals surface area contributed by atoms with E-state index in [0.717, 1.165) is 12.8 Å². The van der Waals surface area contributed by atoms with E-state index in [1.807, 2.05) is 6.07 Å². The molecule has 0 aliphatic heterocycles. The molecule has 0 amide bonds. The molecule has 1 aromatic heterocycles. The number of nitrogen functional groups attached to an aromatic ring is 1. The lowest BCUT2D eigenvalue weighted by atomic mass is 9.78. The fourth-order valence-electron chi connectivity index (χ4n) is 3.12. The summed E-state index contributed by atoms with van der Waals surface area (Å²) in [5, 5.41) is 3.40. The zero-order chi connectivity index (χ0) is 17.9. The molecule has 3 N–H and O–H groups in total. The van der Waals surface area contributed by atoms with Gasteiger partial charge in [-0.25, -0.2) is 4.39 Å². The number of halogens is 1. The number of aryl methyl sites for hydroxylation is 1. The number of hydrogen-bond acceptors (Lipinski definition) is 5. The smallest absolute Gasteiger partial charge is 0.228 e. The average Bonchev–Trinajstić information content (AvgIpc) is 2.50. The van der Waals surface area contributed by atoms with Crippen LogP contribution in [0, 0.1) is 5.92 Å². The van der Waals surface area contributed by atoms with Gasteiger partial charge in [-0.2, -0.15) is 15.0 Å². The highest BCUT2D eigenvalue weighted by molar-refractivity contribution is 5.33. The summed E-state index contributed by atoms with van der Waals surface area (Å²) in [6.45, 7) is 2.84. The van der Waals surface area contributed by atoms with E-state index in [1.54, 1.807) is 0 Å². The molecular formula is C19H26FN5. The first-order chi connectivity index (χ1) is 11.9. The number of nitrogens with two attached hydrogens (primary N) is 1. The minimum absolute atomic E-state index is 0.0497. The Labute approximate surface area is 148 Å². The van der Waals surface area contributed by atoms with E-state index in [0.29, 0.717) is 11.9 Å². The molecule has 0 spiro atoms. The van der Waals surface area contributed by atoms with Gasteiger partial charge in [0, 0.05) is 6.04 Å². The minimum Gasteiger partial charge on any atom is -0.368 e. The Morgan fingerprint density at radius 2 is 1.92 bits per heavy atom. The van der Waals surface area contributed by atoms with Crippen LogP contribution in [0.5, 0.6) is 0 Å². The van der Waals surface area contributed by atoms with Crippen LogP contribution in [-0.2, 0) is 12.1 Å². The molecule has 6 heteroatoms. The van der Waals surface area contributed by atoms with Crippen LogP contribution in [0.4, 0.5) is 16.3 Å². The summed E-state index contributed by atoms with van der Waals surface area (Å²) in [5.41, 5.74) is 5.42. The second-order valence-electron chi connectivity index (χ2n) is 7.28. The number of aromatic nitrogens is 3. The van der Waals surface area contributed by atoms with Gasteiger partial charge in [-0.05, 0) is 51.0 Å². The fourth-order valence-corrected chi connectivity index (χ4v) is 3.12. The lowest BCUT2D eigenvalue weighted by Gasteiger charge is -2.34. The SMILES string of the molecule is CC(C)(F)c1nc(N)nc(N[C@@H](CCc2ccccc2)C2CCC2)n1. The number of nitrogens with one attached hydrogen (secondary N) is 1.